The van der Waals surface area contributed by atoms with Gasteiger partial charge < -0.3 is 10.0 Å². The molecule has 1 aromatic rings. The first-order chi connectivity index (χ1) is 8.66. The highest BCUT2D eigenvalue weighted by molar-refractivity contribution is 7.17. The van der Waals surface area contributed by atoms with Crippen molar-refractivity contribution < 1.29 is 9.90 Å². The molecule has 0 aliphatic rings. The Bertz CT molecular complexity index is 449. The van der Waals surface area contributed by atoms with Crippen LogP contribution in [0, 0.1) is 5.92 Å². The summed E-state index contributed by atoms with van der Waals surface area (Å²) in [5, 5.41) is 10.1. The lowest BCUT2D eigenvalue weighted by Gasteiger charge is -2.20. The summed E-state index contributed by atoms with van der Waals surface area (Å²) >= 11 is 1.27. The molecule has 0 aliphatic carbocycles. The van der Waals surface area contributed by atoms with Crippen molar-refractivity contribution in [1.29, 1.82) is 0 Å². The smallest absolute Gasteiger partial charge is 0.347 e. The zero-order valence-electron chi connectivity index (χ0n) is 12.6. The summed E-state index contributed by atoms with van der Waals surface area (Å²) in [6, 6.07) is 0. The van der Waals surface area contributed by atoms with Crippen molar-refractivity contribution in [3.63, 3.8) is 0 Å². The first kappa shape index (κ1) is 16.0. The van der Waals surface area contributed by atoms with Gasteiger partial charge in [-0.15, -0.1) is 0 Å². The minimum absolute atomic E-state index is 0.250. The van der Waals surface area contributed by atoms with Gasteiger partial charge in [0.05, 0.1) is 5.69 Å². The quantitative estimate of drug-likeness (QED) is 0.897. The monoisotopic (exact) mass is 284 g/mol. The number of aromatic carboxylic acids is 1. The lowest BCUT2D eigenvalue weighted by molar-refractivity contribution is 0.0699. The van der Waals surface area contributed by atoms with Gasteiger partial charge in [-0.05, 0) is 5.92 Å². The number of thiazole rings is 1. The summed E-state index contributed by atoms with van der Waals surface area (Å²) in [6.45, 7) is 11.2. The van der Waals surface area contributed by atoms with Crippen LogP contribution in [0.25, 0.3) is 0 Å². The third-order valence-electron chi connectivity index (χ3n) is 3.13. The first-order valence-electron chi connectivity index (χ1n) is 6.62. The molecule has 1 atom stereocenters. The van der Waals surface area contributed by atoms with E-state index >= 15 is 0 Å². The number of nitrogens with zero attached hydrogens (tertiary/aromatic N) is 2. The van der Waals surface area contributed by atoms with E-state index in [0.717, 1.165) is 18.1 Å². The van der Waals surface area contributed by atoms with Crippen LogP contribution < -0.4 is 4.90 Å². The Morgan fingerprint density at radius 2 is 2.05 bits per heavy atom. The van der Waals surface area contributed by atoms with Gasteiger partial charge in [0, 0.05) is 19.0 Å². The summed E-state index contributed by atoms with van der Waals surface area (Å²) in [4.78, 5) is 18.3. The van der Waals surface area contributed by atoms with E-state index in [-0.39, 0.29) is 5.41 Å². The van der Waals surface area contributed by atoms with Gasteiger partial charge in [0.15, 0.2) is 5.13 Å². The molecule has 0 saturated carbocycles. The van der Waals surface area contributed by atoms with Crippen LogP contribution in [0.5, 0.6) is 0 Å². The Morgan fingerprint density at radius 3 is 2.42 bits per heavy atom. The molecule has 1 N–H and O–H groups in total. The van der Waals surface area contributed by atoms with Gasteiger partial charge in [-0.1, -0.05) is 52.4 Å². The number of rotatable bonds is 5. The van der Waals surface area contributed by atoms with E-state index in [9.17, 15) is 9.90 Å². The average molecular weight is 284 g/mol. The van der Waals surface area contributed by atoms with Crippen molar-refractivity contribution in [3.05, 3.63) is 10.6 Å². The maximum absolute atomic E-state index is 11.3. The second-order valence-electron chi connectivity index (χ2n) is 6.12. The third-order valence-corrected chi connectivity index (χ3v) is 4.29. The van der Waals surface area contributed by atoms with Crippen LogP contribution in [0.4, 0.5) is 5.13 Å². The number of aromatic nitrogens is 1. The molecule has 0 radical (unpaired) electrons. The van der Waals surface area contributed by atoms with Crippen LogP contribution in [0.3, 0.4) is 0 Å². The zero-order valence-corrected chi connectivity index (χ0v) is 13.5. The van der Waals surface area contributed by atoms with Gasteiger partial charge >= 0.3 is 5.97 Å². The Morgan fingerprint density at radius 1 is 1.47 bits per heavy atom. The minimum Gasteiger partial charge on any atom is -0.477 e. The summed E-state index contributed by atoms with van der Waals surface area (Å²) in [5.74, 6) is -0.314. The van der Waals surface area contributed by atoms with Gasteiger partial charge in [0.25, 0.3) is 0 Å². The summed E-state index contributed by atoms with van der Waals surface area (Å²) < 4.78 is 0. The second kappa shape index (κ2) is 5.90. The highest BCUT2D eigenvalue weighted by atomic mass is 32.1. The van der Waals surface area contributed by atoms with E-state index in [1.54, 1.807) is 0 Å². The Labute approximate surface area is 119 Å². The van der Waals surface area contributed by atoms with Crippen LogP contribution in [0.2, 0.25) is 0 Å². The molecule has 1 rings (SSSR count). The fourth-order valence-corrected chi connectivity index (χ4v) is 2.89. The number of carboxylic acid groups (broad SMARTS) is 1. The van der Waals surface area contributed by atoms with E-state index < -0.39 is 5.97 Å². The van der Waals surface area contributed by atoms with Gasteiger partial charge in [0.1, 0.15) is 4.88 Å². The van der Waals surface area contributed by atoms with E-state index in [4.69, 9.17) is 0 Å². The molecule has 1 aromatic heterocycles. The summed E-state index contributed by atoms with van der Waals surface area (Å²) in [6.07, 6.45) is 1.10. The molecular weight excluding hydrogens is 260 g/mol. The third kappa shape index (κ3) is 3.93. The highest BCUT2D eigenvalue weighted by Crippen LogP contribution is 2.33. The molecule has 1 unspecified atom stereocenters. The number of hydrogen-bond acceptors (Lipinski definition) is 4. The normalized spacial score (nSPS) is 13.4. The standard InChI is InChI=1S/C14H24N2O2S/c1-7-9(2)8-16(6)13-15-11(14(3,4)5)10(19-13)12(17)18/h9H,7-8H2,1-6H3,(H,17,18). The average Bonchev–Trinajstić information content (AvgIpc) is 2.73. The van der Waals surface area contributed by atoms with Crippen molar-refractivity contribution in [2.24, 2.45) is 5.92 Å². The molecule has 0 spiro atoms. The molecule has 0 fully saturated rings. The number of anilines is 1. The first-order valence-corrected chi connectivity index (χ1v) is 7.44. The van der Waals surface area contributed by atoms with E-state index in [0.29, 0.717) is 16.5 Å². The summed E-state index contributed by atoms with van der Waals surface area (Å²) in [7, 11) is 1.98. The molecule has 0 aromatic carbocycles. The molecule has 108 valence electrons. The molecule has 5 heteroatoms. The van der Waals surface area contributed by atoms with Crippen molar-refractivity contribution >= 4 is 22.4 Å². The van der Waals surface area contributed by atoms with E-state index in [1.807, 2.05) is 27.8 Å². The van der Waals surface area contributed by atoms with Crippen molar-refractivity contribution in [3.8, 4) is 0 Å². The Hall–Kier alpha value is -1.10. The maximum atomic E-state index is 11.3. The maximum Gasteiger partial charge on any atom is 0.347 e. The molecule has 0 saturated heterocycles. The Kier molecular flexibility index (Phi) is 4.96. The predicted molar refractivity (Wildman–Crippen MR) is 80.5 cm³/mol. The fourth-order valence-electron chi connectivity index (χ4n) is 1.80. The molecule has 0 bridgehead atoms. The van der Waals surface area contributed by atoms with Crippen LogP contribution in [0.1, 0.15) is 56.4 Å². The minimum atomic E-state index is -0.884. The summed E-state index contributed by atoms with van der Waals surface area (Å²) in [5.41, 5.74) is 0.427. The largest absolute Gasteiger partial charge is 0.477 e. The van der Waals surface area contributed by atoms with Crippen LogP contribution in [-0.4, -0.2) is 29.7 Å². The van der Waals surface area contributed by atoms with E-state index in [2.05, 4.69) is 23.7 Å². The van der Waals surface area contributed by atoms with Crippen LogP contribution >= 0.6 is 11.3 Å². The topological polar surface area (TPSA) is 53.4 Å². The van der Waals surface area contributed by atoms with Gasteiger partial charge in [-0.2, -0.15) is 0 Å². The Balaban J connectivity index is 3.08. The number of hydrogen-bond donors (Lipinski definition) is 1. The van der Waals surface area contributed by atoms with Gasteiger partial charge in [0.2, 0.25) is 0 Å². The SMILES string of the molecule is CCC(C)CN(C)c1nc(C(C)(C)C)c(C(=O)O)s1. The number of carboxylic acids is 1. The van der Waals surface area contributed by atoms with Crippen molar-refractivity contribution in [2.75, 3.05) is 18.5 Å². The molecule has 19 heavy (non-hydrogen) atoms. The lowest BCUT2D eigenvalue weighted by Crippen LogP contribution is -2.23. The lowest BCUT2D eigenvalue weighted by atomic mass is 9.91. The van der Waals surface area contributed by atoms with Crippen LogP contribution in [-0.2, 0) is 5.41 Å². The number of carbonyl (C=O) groups is 1. The fraction of sp³-hybridized carbons (Fsp3) is 0.714. The molecule has 0 aliphatic heterocycles. The van der Waals surface area contributed by atoms with Gasteiger partial charge in [-0.25, -0.2) is 9.78 Å². The van der Waals surface area contributed by atoms with Crippen molar-refractivity contribution in [1.82, 2.24) is 4.98 Å². The second-order valence-corrected chi connectivity index (χ2v) is 7.10. The highest BCUT2D eigenvalue weighted by Gasteiger charge is 2.28. The van der Waals surface area contributed by atoms with Crippen LogP contribution in [0.15, 0.2) is 0 Å². The predicted octanol–water partition coefficient (Wildman–Crippen LogP) is 3.62. The molecule has 1 heterocycles. The molecular formula is C14H24N2O2S. The van der Waals surface area contributed by atoms with Gasteiger partial charge in [-0.3, -0.25) is 0 Å². The molecule has 0 amide bonds. The van der Waals surface area contributed by atoms with Crippen molar-refractivity contribution in [2.45, 2.75) is 46.5 Å². The van der Waals surface area contributed by atoms with E-state index in [1.165, 1.54) is 11.3 Å². The zero-order chi connectivity index (χ0) is 14.8. The molecule has 4 nitrogen and oxygen atoms in total.